The van der Waals surface area contributed by atoms with Gasteiger partial charge in [-0.3, -0.25) is 10.1 Å². The molecule has 0 radical (unpaired) electrons. The lowest BCUT2D eigenvalue weighted by Gasteiger charge is -2.25. The molecule has 0 spiro atoms. The molecule has 0 bridgehead atoms. The third kappa shape index (κ3) is 4.49. The number of nitrogens with zero attached hydrogens (tertiary/aromatic N) is 2. The summed E-state index contributed by atoms with van der Waals surface area (Å²) in [5, 5.41) is 14.2. The van der Waals surface area contributed by atoms with Crippen LogP contribution >= 0.6 is 15.9 Å². The van der Waals surface area contributed by atoms with Gasteiger partial charge >= 0.3 is 0 Å². The molecule has 5 nitrogen and oxygen atoms in total. The van der Waals surface area contributed by atoms with Crippen molar-refractivity contribution in [3.8, 4) is 0 Å². The number of hydrogen-bond donors (Lipinski definition) is 1. The fourth-order valence-electron chi connectivity index (χ4n) is 2.33. The number of nitro groups is 1. The topological polar surface area (TPSA) is 58.4 Å². The SMILES string of the molecule is CN(C)C(CNc1cc(Br)ccc1[N+](=O)[O-])c1cccc(F)c1. The van der Waals surface area contributed by atoms with Crippen LogP contribution in [0.15, 0.2) is 46.9 Å². The number of likely N-dealkylation sites (N-methyl/N-ethyl adjacent to an activating group) is 1. The average molecular weight is 382 g/mol. The molecule has 1 unspecified atom stereocenters. The van der Waals surface area contributed by atoms with Crippen LogP contribution in [0.4, 0.5) is 15.8 Å². The van der Waals surface area contributed by atoms with E-state index in [0.29, 0.717) is 12.2 Å². The summed E-state index contributed by atoms with van der Waals surface area (Å²) in [5.41, 5.74) is 1.23. The van der Waals surface area contributed by atoms with Crippen molar-refractivity contribution in [3.05, 3.63) is 68.4 Å². The minimum Gasteiger partial charge on any atom is -0.378 e. The maximum atomic E-state index is 13.4. The standard InChI is InChI=1S/C16H17BrFN3O2/c1-20(2)16(11-4-3-5-13(18)8-11)10-19-14-9-12(17)6-7-15(14)21(22)23/h3-9,16,19H,10H2,1-2H3. The number of hydrogen-bond acceptors (Lipinski definition) is 4. The number of halogens is 2. The highest BCUT2D eigenvalue weighted by Crippen LogP contribution is 2.29. The van der Waals surface area contributed by atoms with Gasteiger partial charge in [-0.1, -0.05) is 28.1 Å². The van der Waals surface area contributed by atoms with Gasteiger partial charge in [0.25, 0.3) is 5.69 Å². The van der Waals surface area contributed by atoms with Crippen molar-refractivity contribution in [3.63, 3.8) is 0 Å². The van der Waals surface area contributed by atoms with Crippen molar-refractivity contribution in [1.29, 1.82) is 0 Å². The van der Waals surface area contributed by atoms with Crippen molar-refractivity contribution in [2.24, 2.45) is 0 Å². The van der Waals surface area contributed by atoms with Crippen molar-refractivity contribution in [2.45, 2.75) is 6.04 Å². The summed E-state index contributed by atoms with van der Waals surface area (Å²) >= 11 is 3.31. The molecule has 2 aromatic carbocycles. The van der Waals surface area contributed by atoms with E-state index in [-0.39, 0.29) is 17.5 Å². The molecule has 0 aromatic heterocycles. The van der Waals surface area contributed by atoms with Gasteiger partial charge in [0.2, 0.25) is 0 Å². The lowest BCUT2D eigenvalue weighted by atomic mass is 10.1. The first-order valence-corrected chi connectivity index (χ1v) is 7.77. The Morgan fingerprint density at radius 2 is 2.04 bits per heavy atom. The maximum absolute atomic E-state index is 13.4. The first kappa shape index (κ1) is 17.4. The molecule has 0 aliphatic carbocycles. The van der Waals surface area contributed by atoms with Gasteiger partial charge in [-0.05, 0) is 43.9 Å². The molecule has 0 heterocycles. The summed E-state index contributed by atoms with van der Waals surface area (Å²) in [5.74, 6) is -0.303. The third-order valence-electron chi connectivity index (χ3n) is 3.50. The van der Waals surface area contributed by atoms with Crippen LogP contribution in [-0.4, -0.2) is 30.5 Å². The fourth-order valence-corrected chi connectivity index (χ4v) is 2.69. The van der Waals surface area contributed by atoms with Crippen LogP contribution in [0.5, 0.6) is 0 Å². The molecule has 7 heteroatoms. The maximum Gasteiger partial charge on any atom is 0.292 e. The molecule has 0 saturated carbocycles. The second-order valence-electron chi connectivity index (χ2n) is 5.33. The molecular weight excluding hydrogens is 365 g/mol. The number of benzene rings is 2. The Morgan fingerprint density at radius 1 is 1.30 bits per heavy atom. The molecule has 0 aliphatic heterocycles. The Morgan fingerprint density at radius 3 is 2.65 bits per heavy atom. The van der Waals surface area contributed by atoms with Gasteiger partial charge < -0.3 is 10.2 Å². The summed E-state index contributed by atoms with van der Waals surface area (Å²) in [6.45, 7) is 0.410. The van der Waals surface area contributed by atoms with Crippen molar-refractivity contribution < 1.29 is 9.31 Å². The van der Waals surface area contributed by atoms with Crippen molar-refractivity contribution >= 4 is 27.3 Å². The Kier molecular flexibility index (Phi) is 5.68. The first-order chi connectivity index (χ1) is 10.9. The molecule has 0 saturated heterocycles. The highest BCUT2D eigenvalue weighted by Gasteiger charge is 2.18. The first-order valence-electron chi connectivity index (χ1n) is 6.98. The van der Waals surface area contributed by atoms with E-state index in [1.165, 1.54) is 18.2 Å². The van der Waals surface area contributed by atoms with Crippen LogP contribution in [0.2, 0.25) is 0 Å². The molecule has 2 rings (SSSR count). The molecule has 23 heavy (non-hydrogen) atoms. The van der Waals surface area contributed by atoms with Gasteiger partial charge in [-0.2, -0.15) is 0 Å². The molecular formula is C16H17BrFN3O2. The summed E-state index contributed by atoms with van der Waals surface area (Å²) < 4.78 is 14.2. The van der Waals surface area contributed by atoms with Gasteiger partial charge in [-0.25, -0.2) is 4.39 Å². The molecule has 0 aliphatic rings. The monoisotopic (exact) mass is 381 g/mol. The Labute approximate surface area is 142 Å². The Bertz CT molecular complexity index is 709. The van der Waals surface area contributed by atoms with Crippen LogP contribution < -0.4 is 5.32 Å². The average Bonchev–Trinajstić information content (AvgIpc) is 2.47. The third-order valence-corrected chi connectivity index (χ3v) is 3.99. The molecule has 0 amide bonds. The van der Waals surface area contributed by atoms with E-state index in [4.69, 9.17) is 0 Å². The zero-order chi connectivity index (χ0) is 17.0. The van der Waals surface area contributed by atoms with E-state index < -0.39 is 4.92 Å². The highest BCUT2D eigenvalue weighted by atomic mass is 79.9. The summed E-state index contributed by atoms with van der Waals surface area (Å²) in [4.78, 5) is 12.6. The van der Waals surface area contributed by atoms with E-state index in [1.54, 1.807) is 18.2 Å². The Balaban J connectivity index is 2.23. The van der Waals surface area contributed by atoms with Crippen molar-refractivity contribution in [1.82, 2.24) is 4.90 Å². The number of nitro benzene ring substituents is 1. The second kappa shape index (κ2) is 7.52. The van der Waals surface area contributed by atoms with Gasteiger partial charge in [-0.15, -0.1) is 0 Å². The molecule has 2 aromatic rings. The number of anilines is 1. The van der Waals surface area contributed by atoms with Crippen LogP contribution in [0.3, 0.4) is 0 Å². The quantitative estimate of drug-likeness (QED) is 0.601. The zero-order valence-electron chi connectivity index (χ0n) is 12.8. The van der Waals surface area contributed by atoms with E-state index in [2.05, 4.69) is 21.2 Å². The predicted octanol–water partition coefficient (Wildman–Crippen LogP) is 4.21. The zero-order valence-corrected chi connectivity index (χ0v) is 14.4. The smallest absolute Gasteiger partial charge is 0.292 e. The lowest BCUT2D eigenvalue weighted by molar-refractivity contribution is -0.384. The number of nitrogens with one attached hydrogen (secondary N) is 1. The fraction of sp³-hybridized carbons (Fsp3) is 0.250. The van der Waals surface area contributed by atoms with Crippen LogP contribution in [0.25, 0.3) is 0 Å². The largest absolute Gasteiger partial charge is 0.378 e. The summed E-state index contributed by atoms with van der Waals surface area (Å²) in [7, 11) is 3.76. The normalized spacial score (nSPS) is 12.2. The second-order valence-corrected chi connectivity index (χ2v) is 6.25. The predicted molar refractivity (Wildman–Crippen MR) is 92.1 cm³/mol. The number of rotatable bonds is 6. The summed E-state index contributed by atoms with van der Waals surface area (Å²) in [6, 6.07) is 11.0. The van der Waals surface area contributed by atoms with Gasteiger partial charge in [0.1, 0.15) is 11.5 Å². The minimum atomic E-state index is -0.429. The van der Waals surface area contributed by atoms with E-state index in [1.807, 2.05) is 25.1 Å². The minimum absolute atomic E-state index is 0.00458. The van der Waals surface area contributed by atoms with Crippen LogP contribution in [-0.2, 0) is 0 Å². The van der Waals surface area contributed by atoms with Crippen molar-refractivity contribution in [2.75, 3.05) is 26.0 Å². The van der Waals surface area contributed by atoms with E-state index in [9.17, 15) is 14.5 Å². The lowest BCUT2D eigenvalue weighted by Crippen LogP contribution is -2.27. The van der Waals surface area contributed by atoms with Gasteiger partial charge in [0.05, 0.1) is 11.0 Å². The van der Waals surface area contributed by atoms with Crippen LogP contribution in [0.1, 0.15) is 11.6 Å². The Hall–Kier alpha value is -1.99. The molecule has 0 fully saturated rings. The van der Waals surface area contributed by atoms with E-state index >= 15 is 0 Å². The van der Waals surface area contributed by atoms with Gasteiger partial charge in [0.15, 0.2) is 0 Å². The van der Waals surface area contributed by atoms with Crippen LogP contribution in [0, 0.1) is 15.9 Å². The van der Waals surface area contributed by atoms with E-state index in [0.717, 1.165) is 10.0 Å². The highest BCUT2D eigenvalue weighted by molar-refractivity contribution is 9.10. The van der Waals surface area contributed by atoms with Gasteiger partial charge in [0, 0.05) is 17.1 Å². The molecule has 122 valence electrons. The summed E-state index contributed by atoms with van der Waals surface area (Å²) in [6.07, 6.45) is 0. The molecule has 1 atom stereocenters. The molecule has 1 N–H and O–H groups in total.